The Morgan fingerprint density at radius 1 is 1.06 bits per heavy atom. The number of nitrogens with two attached hydrogens (primary N) is 1. The van der Waals surface area contributed by atoms with Crippen LogP contribution in [0.1, 0.15) is 6.92 Å². The maximum atomic E-state index is 12.0. The molecular formula is C12H13NO2S. The molecule has 16 heavy (non-hydrogen) atoms. The Morgan fingerprint density at radius 3 is 2.38 bits per heavy atom. The summed E-state index contributed by atoms with van der Waals surface area (Å²) in [6.45, 7) is 1.48. The minimum atomic E-state index is -3.43. The van der Waals surface area contributed by atoms with Crippen LogP contribution < -0.4 is 5.73 Å². The zero-order chi connectivity index (χ0) is 11.8. The smallest absolute Gasteiger partial charge is 0.194 e. The van der Waals surface area contributed by atoms with E-state index in [9.17, 15) is 8.42 Å². The van der Waals surface area contributed by atoms with E-state index in [0.29, 0.717) is 4.90 Å². The van der Waals surface area contributed by atoms with Gasteiger partial charge in [-0.3, -0.25) is 0 Å². The highest BCUT2D eigenvalue weighted by atomic mass is 32.2. The third-order valence-electron chi connectivity index (χ3n) is 2.55. The average Bonchev–Trinajstić information content (AvgIpc) is 2.28. The number of hydrogen-bond donors (Lipinski definition) is 1. The third kappa shape index (κ3) is 1.70. The van der Waals surface area contributed by atoms with Crippen molar-refractivity contribution in [2.24, 2.45) is 5.73 Å². The molecule has 0 heterocycles. The average molecular weight is 235 g/mol. The van der Waals surface area contributed by atoms with Gasteiger partial charge in [0.05, 0.1) is 4.90 Å². The van der Waals surface area contributed by atoms with E-state index in [0.717, 1.165) is 10.8 Å². The van der Waals surface area contributed by atoms with Gasteiger partial charge in [-0.1, -0.05) is 36.4 Å². The lowest BCUT2D eigenvalue weighted by Crippen LogP contribution is -2.27. The third-order valence-corrected chi connectivity index (χ3v) is 4.49. The van der Waals surface area contributed by atoms with Crippen LogP contribution in [-0.4, -0.2) is 13.8 Å². The second kappa shape index (κ2) is 3.88. The van der Waals surface area contributed by atoms with Crippen molar-refractivity contribution in [3.05, 3.63) is 42.5 Å². The van der Waals surface area contributed by atoms with E-state index in [2.05, 4.69) is 0 Å². The Balaban J connectivity index is 2.80. The van der Waals surface area contributed by atoms with Gasteiger partial charge < -0.3 is 5.73 Å². The zero-order valence-corrected chi connectivity index (χ0v) is 9.74. The second-order valence-electron chi connectivity index (χ2n) is 3.73. The number of benzene rings is 2. The molecule has 0 radical (unpaired) electrons. The van der Waals surface area contributed by atoms with Crippen LogP contribution in [0.15, 0.2) is 47.4 Å². The van der Waals surface area contributed by atoms with Gasteiger partial charge in [0, 0.05) is 5.39 Å². The molecule has 2 aromatic carbocycles. The molecule has 4 heteroatoms. The summed E-state index contributed by atoms with van der Waals surface area (Å²) in [6, 6.07) is 12.6. The summed E-state index contributed by atoms with van der Waals surface area (Å²) in [5, 5.41) is 0.741. The van der Waals surface area contributed by atoms with Gasteiger partial charge in [-0.05, 0) is 18.4 Å². The largest absolute Gasteiger partial charge is 0.315 e. The Morgan fingerprint density at radius 2 is 1.69 bits per heavy atom. The molecule has 2 aromatic rings. The molecule has 0 amide bonds. The molecule has 84 valence electrons. The first-order valence-electron chi connectivity index (χ1n) is 5.01. The Hall–Kier alpha value is -1.39. The molecular weight excluding hydrogens is 222 g/mol. The predicted molar refractivity (Wildman–Crippen MR) is 64.8 cm³/mol. The molecule has 1 atom stereocenters. The molecule has 0 bridgehead atoms. The summed E-state index contributed by atoms with van der Waals surface area (Å²) in [5.41, 5.74) is 5.51. The Bertz CT molecular complexity index is 612. The Labute approximate surface area is 94.8 Å². The monoisotopic (exact) mass is 235 g/mol. The van der Waals surface area contributed by atoms with Gasteiger partial charge in [-0.15, -0.1) is 0 Å². The highest BCUT2D eigenvalue weighted by molar-refractivity contribution is 7.92. The van der Waals surface area contributed by atoms with Crippen LogP contribution >= 0.6 is 0 Å². The molecule has 0 aliphatic heterocycles. The zero-order valence-electron chi connectivity index (χ0n) is 8.92. The van der Waals surface area contributed by atoms with Crippen molar-refractivity contribution in [2.45, 2.75) is 17.2 Å². The van der Waals surface area contributed by atoms with Gasteiger partial charge in [0.25, 0.3) is 0 Å². The number of rotatable bonds is 2. The van der Waals surface area contributed by atoms with E-state index >= 15 is 0 Å². The summed E-state index contributed by atoms with van der Waals surface area (Å²) in [7, 11) is -3.43. The fourth-order valence-electron chi connectivity index (χ4n) is 1.64. The highest BCUT2D eigenvalue weighted by Crippen LogP contribution is 2.24. The first kappa shape index (κ1) is 11.1. The quantitative estimate of drug-likeness (QED) is 0.865. The molecule has 0 aliphatic carbocycles. The number of hydrogen-bond acceptors (Lipinski definition) is 3. The van der Waals surface area contributed by atoms with Crippen molar-refractivity contribution >= 4 is 20.6 Å². The maximum absolute atomic E-state index is 12.0. The molecule has 0 fully saturated rings. The molecule has 0 aliphatic rings. The molecule has 0 spiro atoms. The molecule has 0 saturated carbocycles. The van der Waals surface area contributed by atoms with Crippen LogP contribution in [0.2, 0.25) is 0 Å². The van der Waals surface area contributed by atoms with Gasteiger partial charge in [0.15, 0.2) is 9.84 Å². The summed E-state index contributed by atoms with van der Waals surface area (Å²) in [4.78, 5) is 0.306. The van der Waals surface area contributed by atoms with Crippen molar-refractivity contribution < 1.29 is 8.42 Å². The maximum Gasteiger partial charge on any atom is 0.194 e. The summed E-state index contributed by atoms with van der Waals surface area (Å²) in [6.07, 6.45) is 0. The highest BCUT2D eigenvalue weighted by Gasteiger charge is 2.21. The van der Waals surface area contributed by atoms with E-state index in [4.69, 9.17) is 5.73 Å². The second-order valence-corrected chi connectivity index (χ2v) is 6.00. The van der Waals surface area contributed by atoms with Crippen LogP contribution in [0, 0.1) is 0 Å². The normalized spacial score (nSPS) is 13.9. The van der Waals surface area contributed by atoms with E-state index in [-0.39, 0.29) is 0 Å². The van der Waals surface area contributed by atoms with Crippen LogP contribution in [0.3, 0.4) is 0 Å². The number of fused-ring (bicyclic) bond motifs is 1. The van der Waals surface area contributed by atoms with Crippen molar-refractivity contribution in [1.29, 1.82) is 0 Å². The standard InChI is InChI=1S/C12H13NO2S/c1-9(13)16(14,15)12-8-4-6-10-5-2-3-7-11(10)12/h2-9H,13H2,1H3. The lowest BCUT2D eigenvalue weighted by molar-refractivity contribution is 0.586. The van der Waals surface area contributed by atoms with Gasteiger partial charge in [0.2, 0.25) is 0 Å². The molecule has 0 aromatic heterocycles. The SMILES string of the molecule is CC(N)S(=O)(=O)c1cccc2ccccc12. The first-order valence-corrected chi connectivity index (χ1v) is 6.55. The molecule has 2 rings (SSSR count). The van der Waals surface area contributed by atoms with Crippen LogP contribution in [0.25, 0.3) is 10.8 Å². The van der Waals surface area contributed by atoms with Gasteiger partial charge >= 0.3 is 0 Å². The van der Waals surface area contributed by atoms with Gasteiger partial charge in [0.1, 0.15) is 5.37 Å². The van der Waals surface area contributed by atoms with Crippen molar-refractivity contribution in [3.8, 4) is 0 Å². The minimum absolute atomic E-state index is 0.306. The summed E-state index contributed by atoms with van der Waals surface area (Å²) < 4.78 is 24.0. The van der Waals surface area contributed by atoms with Gasteiger partial charge in [-0.2, -0.15) is 0 Å². The van der Waals surface area contributed by atoms with Crippen LogP contribution in [-0.2, 0) is 9.84 Å². The van der Waals surface area contributed by atoms with Crippen LogP contribution in [0.5, 0.6) is 0 Å². The first-order chi connectivity index (χ1) is 7.53. The Kier molecular flexibility index (Phi) is 2.69. The van der Waals surface area contributed by atoms with Crippen LogP contribution in [0.4, 0.5) is 0 Å². The molecule has 1 unspecified atom stereocenters. The predicted octanol–water partition coefficient (Wildman–Crippen LogP) is 1.92. The van der Waals surface area contributed by atoms with E-state index in [1.54, 1.807) is 18.2 Å². The van der Waals surface area contributed by atoms with Crippen molar-refractivity contribution in [1.82, 2.24) is 0 Å². The number of sulfone groups is 1. The molecule has 2 N–H and O–H groups in total. The summed E-state index contributed by atoms with van der Waals surface area (Å²) >= 11 is 0. The lowest BCUT2D eigenvalue weighted by Gasteiger charge is -2.10. The van der Waals surface area contributed by atoms with Crippen molar-refractivity contribution in [2.75, 3.05) is 0 Å². The van der Waals surface area contributed by atoms with Gasteiger partial charge in [-0.25, -0.2) is 8.42 Å². The molecule has 0 saturated heterocycles. The minimum Gasteiger partial charge on any atom is -0.315 e. The fourth-order valence-corrected chi connectivity index (χ4v) is 2.81. The fraction of sp³-hybridized carbons (Fsp3) is 0.167. The molecule has 3 nitrogen and oxygen atoms in total. The lowest BCUT2D eigenvalue weighted by atomic mass is 10.1. The van der Waals surface area contributed by atoms with E-state index in [1.807, 2.05) is 24.3 Å². The van der Waals surface area contributed by atoms with E-state index in [1.165, 1.54) is 6.92 Å². The van der Waals surface area contributed by atoms with Crippen molar-refractivity contribution in [3.63, 3.8) is 0 Å². The van der Waals surface area contributed by atoms with E-state index < -0.39 is 15.2 Å². The summed E-state index contributed by atoms with van der Waals surface area (Å²) in [5.74, 6) is 0. The topological polar surface area (TPSA) is 60.2 Å².